The Bertz CT molecular complexity index is 545. The first-order valence-electron chi connectivity index (χ1n) is 6.46. The van der Waals surface area contributed by atoms with Crippen molar-refractivity contribution in [3.8, 4) is 16.9 Å². The molecule has 20 heavy (non-hydrogen) atoms. The molecule has 4 heteroatoms. The standard InChI is InChI=1S/C16H18ClNO2/c1-20-16-9-13(18-11-14(19)10-17)7-8-15(16)12-5-3-2-4-6-12/h2-9,14,18-19H,10-11H2,1H3. The zero-order valence-corrected chi connectivity index (χ0v) is 12.1. The Hall–Kier alpha value is -1.71. The lowest BCUT2D eigenvalue weighted by atomic mass is 10.0. The van der Waals surface area contributed by atoms with Gasteiger partial charge in [-0.3, -0.25) is 0 Å². The molecule has 1 unspecified atom stereocenters. The maximum atomic E-state index is 9.45. The van der Waals surface area contributed by atoms with E-state index >= 15 is 0 Å². The van der Waals surface area contributed by atoms with Crippen LogP contribution in [0.4, 0.5) is 5.69 Å². The summed E-state index contributed by atoms with van der Waals surface area (Å²) in [6.07, 6.45) is -0.559. The normalized spacial score (nSPS) is 11.9. The number of anilines is 1. The molecule has 0 radical (unpaired) electrons. The van der Waals surface area contributed by atoms with Gasteiger partial charge in [-0.05, 0) is 17.7 Å². The topological polar surface area (TPSA) is 41.5 Å². The van der Waals surface area contributed by atoms with E-state index in [1.54, 1.807) is 7.11 Å². The molecular weight excluding hydrogens is 274 g/mol. The second kappa shape index (κ2) is 7.17. The number of nitrogens with one attached hydrogen (secondary N) is 1. The van der Waals surface area contributed by atoms with E-state index in [0.29, 0.717) is 6.54 Å². The van der Waals surface area contributed by atoms with E-state index < -0.39 is 6.10 Å². The van der Waals surface area contributed by atoms with Gasteiger partial charge in [0.2, 0.25) is 0 Å². The van der Waals surface area contributed by atoms with Gasteiger partial charge in [0.25, 0.3) is 0 Å². The van der Waals surface area contributed by atoms with Crippen LogP contribution < -0.4 is 10.1 Å². The van der Waals surface area contributed by atoms with Crippen LogP contribution in [-0.4, -0.2) is 30.7 Å². The van der Waals surface area contributed by atoms with Crippen LogP contribution in [0.5, 0.6) is 5.75 Å². The summed E-state index contributed by atoms with van der Waals surface area (Å²) in [5, 5.41) is 12.6. The van der Waals surface area contributed by atoms with Crippen molar-refractivity contribution in [2.45, 2.75) is 6.10 Å². The van der Waals surface area contributed by atoms with Crippen molar-refractivity contribution in [2.75, 3.05) is 24.9 Å². The van der Waals surface area contributed by atoms with Crippen LogP contribution in [0.2, 0.25) is 0 Å². The van der Waals surface area contributed by atoms with E-state index in [2.05, 4.69) is 5.32 Å². The van der Waals surface area contributed by atoms with Crippen LogP contribution in [0.15, 0.2) is 48.5 Å². The van der Waals surface area contributed by atoms with E-state index in [9.17, 15) is 5.11 Å². The number of methoxy groups -OCH3 is 1. The van der Waals surface area contributed by atoms with Gasteiger partial charge in [-0.1, -0.05) is 30.3 Å². The van der Waals surface area contributed by atoms with Crippen molar-refractivity contribution in [2.24, 2.45) is 0 Å². The molecule has 0 saturated heterocycles. The highest BCUT2D eigenvalue weighted by atomic mass is 35.5. The second-order valence-corrected chi connectivity index (χ2v) is 4.78. The van der Waals surface area contributed by atoms with E-state index in [-0.39, 0.29) is 5.88 Å². The predicted octanol–water partition coefficient (Wildman–Crippen LogP) is 3.37. The molecule has 0 aliphatic heterocycles. The number of aliphatic hydroxyl groups is 1. The first-order chi connectivity index (χ1) is 9.74. The number of ether oxygens (including phenoxy) is 1. The Morgan fingerprint density at radius 2 is 1.95 bits per heavy atom. The first-order valence-corrected chi connectivity index (χ1v) is 6.99. The molecular formula is C16H18ClNO2. The van der Waals surface area contributed by atoms with Gasteiger partial charge in [0.15, 0.2) is 0 Å². The van der Waals surface area contributed by atoms with Crippen molar-refractivity contribution in [1.29, 1.82) is 0 Å². The molecule has 0 aliphatic rings. The number of benzene rings is 2. The minimum Gasteiger partial charge on any atom is -0.496 e. The Balaban J connectivity index is 2.20. The molecule has 0 aliphatic carbocycles. The highest BCUT2D eigenvalue weighted by Crippen LogP contribution is 2.32. The number of aliphatic hydroxyl groups excluding tert-OH is 1. The number of hydrogen-bond donors (Lipinski definition) is 2. The molecule has 0 saturated carbocycles. The highest BCUT2D eigenvalue weighted by Gasteiger charge is 2.07. The van der Waals surface area contributed by atoms with Crippen molar-refractivity contribution < 1.29 is 9.84 Å². The van der Waals surface area contributed by atoms with Crippen molar-refractivity contribution in [1.82, 2.24) is 0 Å². The zero-order chi connectivity index (χ0) is 14.4. The summed E-state index contributed by atoms with van der Waals surface area (Å²) in [7, 11) is 1.65. The maximum Gasteiger partial charge on any atom is 0.128 e. The predicted molar refractivity (Wildman–Crippen MR) is 83.6 cm³/mol. The van der Waals surface area contributed by atoms with Gasteiger partial charge in [0.05, 0.1) is 19.1 Å². The van der Waals surface area contributed by atoms with Crippen LogP contribution >= 0.6 is 11.6 Å². The molecule has 0 spiro atoms. The Morgan fingerprint density at radius 3 is 2.60 bits per heavy atom. The van der Waals surface area contributed by atoms with Gasteiger partial charge in [-0.2, -0.15) is 0 Å². The number of rotatable bonds is 6. The summed E-state index contributed by atoms with van der Waals surface area (Å²) < 4.78 is 5.44. The number of alkyl halides is 1. The summed E-state index contributed by atoms with van der Waals surface area (Å²) >= 11 is 5.57. The van der Waals surface area contributed by atoms with Gasteiger partial charge < -0.3 is 15.2 Å². The summed E-state index contributed by atoms with van der Waals surface area (Å²) in [5.74, 6) is 1.01. The highest BCUT2D eigenvalue weighted by molar-refractivity contribution is 6.18. The van der Waals surface area contributed by atoms with E-state index in [0.717, 1.165) is 22.6 Å². The SMILES string of the molecule is COc1cc(NCC(O)CCl)ccc1-c1ccccc1. The van der Waals surface area contributed by atoms with Gasteiger partial charge in [-0.25, -0.2) is 0 Å². The van der Waals surface area contributed by atoms with Gasteiger partial charge >= 0.3 is 0 Å². The van der Waals surface area contributed by atoms with E-state index in [1.807, 2.05) is 48.5 Å². The Labute approximate surface area is 124 Å². The smallest absolute Gasteiger partial charge is 0.128 e. The monoisotopic (exact) mass is 291 g/mol. The molecule has 2 N–H and O–H groups in total. The average molecular weight is 292 g/mol. The molecule has 0 bridgehead atoms. The quantitative estimate of drug-likeness (QED) is 0.802. The van der Waals surface area contributed by atoms with Crippen LogP contribution in [0.1, 0.15) is 0 Å². The Kier molecular flexibility index (Phi) is 5.27. The van der Waals surface area contributed by atoms with E-state index in [4.69, 9.17) is 16.3 Å². The number of halogens is 1. The van der Waals surface area contributed by atoms with Gasteiger partial charge in [0, 0.05) is 23.9 Å². The van der Waals surface area contributed by atoms with Crippen LogP contribution in [0, 0.1) is 0 Å². The molecule has 3 nitrogen and oxygen atoms in total. The van der Waals surface area contributed by atoms with Gasteiger partial charge in [-0.15, -0.1) is 11.6 Å². The van der Waals surface area contributed by atoms with Crippen molar-refractivity contribution in [3.63, 3.8) is 0 Å². The largest absolute Gasteiger partial charge is 0.496 e. The first kappa shape index (κ1) is 14.7. The summed E-state index contributed by atoms with van der Waals surface area (Å²) in [4.78, 5) is 0. The Morgan fingerprint density at radius 1 is 1.20 bits per heavy atom. The molecule has 0 amide bonds. The fourth-order valence-corrected chi connectivity index (χ4v) is 2.06. The molecule has 0 heterocycles. The van der Waals surface area contributed by atoms with Crippen molar-refractivity contribution in [3.05, 3.63) is 48.5 Å². The third-order valence-electron chi connectivity index (χ3n) is 3.01. The number of hydrogen-bond acceptors (Lipinski definition) is 3. The second-order valence-electron chi connectivity index (χ2n) is 4.47. The molecule has 2 aromatic rings. The summed E-state index contributed by atoms with van der Waals surface area (Å²) in [6.45, 7) is 0.414. The molecule has 2 aromatic carbocycles. The summed E-state index contributed by atoms with van der Waals surface area (Å²) in [6, 6.07) is 16.0. The molecule has 106 valence electrons. The minimum absolute atomic E-state index is 0.215. The van der Waals surface area contributed by atoms with Crippen molar-refractivity contribution >= 4 is 17.3 Å². The van der Waals surface area contributed by atoms with Crippen LogP contribution in [0.25, 0.3) is 11.1 Å². The fourth-order valence-electron chi connectivity index (χ4n) is 1.95. The average Bonchev–Trinajstić information content (AvgIpc) is 2.53. The lowest BCUT2D eigenvalue weighted by Crippen LogP contribution is -2.20. The maximum absolute atomic E-state index is 9.45. The van der Waals surface area contributed by atoms with Crippen LogP contribution in [0.3, 0.4) is 0 Å². The molecule has 2 rings (SSSR count). The third kappa shape index (κ3) is 3.65. The molecule has 0 aromatic heterocycles. The van der Waals surface area contributed by atoms with E-state index in [1.165, 1.54) is 0 Å². The molecule has 1 atom stereocenters. The lowest BCUT2D eigenvalue weighted by Gasteiger charge is -2.14. The molecule has 0 fully saturated rings. The minimum atomic E-state index is -0.559. The fraction of sp³-hybridized carbons (Fsp3) is 0.250. The zero-order valence-electron chi connectivity index (χ0n) is 11.3. The van der Waals surface area contributed by atoms with Crippen LogP contribution in [-0.2, 0) is 0 Å². The third-order valence-corrected chi connectivity index (χ3v) is 3.36. The lowest BCUT2D eigenvalue weighted by molar-refractivity contribution is 0.211. The summed E-state index contributed by atoms with van der Waals surface area (Å²) in [5.41, 5.74) is 3.04. The van der Waals surface area contributed by atoms with Gasteiger partial charge in [0.1, 0.15) is 5.75 Å².